The maximum absolute atomic E-state index is 13.0. The second-order valence-corrected chi connectivity index (χ2v) is 7.93. The molecule has 0 aromatic carbocycles. The lowest BCUT2D eigenvalue weighted by molar-refractivity contribution is -0.132. The van der Waals surface area contributed by atoms with Crippen LogP contribution in [0.4, 0.5) is 0 Å². The van der Waals surface area contributed by atoms with E-state index in [-0.39, 0.29) is 5.91 Å². The summed E-state index contributed by atoms with van der Waals surface area (Å²) in [5.74, 6) is 1.26. The second kappa shape index (κ2) is 8.97. The highest BCUT2D eigenvalue weighted by atomic mass is 16.5. The van der Waals surface area contributed by atoms with Crippen molar-refractivity contribution in [3.8, 4) is 0 Å². The summed E-state index contributed by atoms with van der Waals surface area (Å²) in [7, 11) is 4.09. The van der Waals surface area contributed by atoms with Gasteiger partial charge in [-0.2, -0.15) is 0 Å². The molecule has 26 heavy (non-hydrogen) atoms. The fourth-order valence-electron chi connectivity index (χ4n) is 3.88. The van der Waals surface area contributed by atoms with E-state index in [1.54, 1.807) is 0 Å². The second-order valence-electron chi connectivity index (χ2n) is 7.93. The van der Waals surface area contributed by atoms with Crippen molar-refractivity contribution in [3.05, 3.63) is 17.5 Å². The number of piperidine rings is 1. The lowest BCUT2D eigenvalue weighted by Gasteiger charge is -2.35. The Hall–Kier alpha value is -1.44. The van der Waals surface area contributed by atoms with Crippen molar-refractivity contribution in [2.24, 2.45) is 5.41 Å². The number of amides is 1. The third-order valence-corrected chi connectivity index (χ3v) is 5.46. The van der Waals surface area contributed by atoms with E-state index in [4.69, 9.17) is 9.26 Å². The largest absolute Gasteiger partial charge is 0.381 e. The third-order valence-electron chi connectivity index (χ3n) is 5.46. The van der Waals surface area contributed by atoms with E-state index >= 15 is 0 Å². The Morgan fingerprint density at radius 1 is 1.50 bits per heavy atom. The molecule has 0 saturated carbocycles. The number of hydrogen-bond donors (Lipinski definition) is 2. The lowest BCUT2D eigenvalue weighted by atomic mass is 9.76. The van der Waals surface area contributed by atoms with Gasteiger partial charge >= 0.3 is 0 Å². The van der Waals surface area contributed by atoms with Gasteiger partial charge in [-0.1, -0.05) is 5.16 Å². The van der Waals surface area contributed by atoms with Crippen molar-refractivity contribution in [1.29, 1.82) is 0 Å². The summed E-state index contributed by atoms with van der Waals surface area (Å²) in [4.78, 5) is 15.1. The summed E-state index contributed by atoms with van der Waals surface area (Å²) in [6.45, 7) is 4.84. The first-order valence-electron chi connectivity index (χ1n) is 9.76. The van der Waals surface area contributed by atoms with Gasteiger partial charge in [-0.15, -0.1) is 0 Å². The van der Waals surface area contributed by atoms with Gasteiger partial charge in [-0.25, -0.2) is 0 Å². The average Bonchev–Trinajstić information content (AvgIpc) is 3.30. The van der Waals surface area contributed by atoms with Crippen LogP contribution in [0, 0.1) is 5.41 Å². The first-order chi connectivity index (χ1) is 12.6. The maximum Gasteiger partial charge on any atom is 0.227 e. The third kappa shape index (κ3) is 4.84. The number of rotatable bonds is 8. The molecule has 2 saturated heterocycles. The summed E-state index contributed by atoms with van der Waals surface area (Å²) in [6, 6.07) is 2.02. The van der Waals surface area contributed by atoms with E-state index in [2.05, 4.69) is 20.7 Å². The van der Waals surface area contributed by atoms with Crippen LogP contribution in [0.15, 0.2) is 10.6 Å². The molecule has 146 valence electrons. The van der Waals surface area contributed by atoms with Crippen molar-refractivity contribution < 1.29 is 14.1 Å². The molecule has 0 radical (unpaired) electrons. The number of ether oxygens (including phenoxy) is 1. The molecule has 0 spiro atoms. The molecular weight excluding hydrogens is 332 g/mol. The highest BCUT2D eigenvalue weighted by Crippen LogP contribution is 2.33. The molecule has 2 atom stereocenters. The smallest absolute Gasteiger partial charge is 0.227 e. The van der Waals surface area contributed by atoms with Crippen molar-refractivity contribution in [2.45, 2.75) is 38.0 Å². The summed E-state index contributed by atoms with van der Waals surface area (Å²) < 4.78 is 11.0. The van der Waals surface area contributed by atoms with Crippen molar-refractivity contribution in [1.82, 2.24) is 20.7 Å². The standard InChI is InChI=1S/C19H32N4O3/c1-23(2)9-4-8-21-18(24)19(6-3-7-20-14-19)12-16-11-17(22-26-16)15-5-10-25-13-15/h11,15,20H,3-10,12-14H2,1-2H3,(H,21,24)/t15-,19+/m0/s1. The molecule has 7 nitrogen and oxygen atoms in total. The summed E-state index contributed by atoms with van der Waals surface area (Å²) in [5.41, 5.74) is 0.516. The van der Waals surface area contributed by atoms with Crippen LogP contribution in [0.2, 0.25) is 0 Å². The van der Waals surface area contributed by atoms with Gasteiger partial charge in [0.1, 0.15) is 5.76 Å². The first kappa shape index (κ1) is 19.3. The van der Waals surface area contributed by atoms with Gasteiger partial charge in [0.15, 0.2) is 0 Å². The SMILES string of the molecule is CN(C)CCCNC(=O)[C@@]1(Cc2cc([C@H]3CCOC3)no2)CCCNC1. The Kier molecular flexibility index (Phi) is 6.67. The minimum absolute atomic E-state index is 0.130. The highest BCUT2D eigenvalue weighted by Gasteiger charge is 2.40. The van der Waals surface area contributed by atoms with Gasteiger partial charge in [-0.05, 0) is 52.9 Å². The Bertz CT molecular complexity index is 575. The number of carbonyl (C=O) groups is 1. The molecule has 2 aliphatic rings. The first-order valence-corrected chi connectivity index (χ1v) is 9.76. The van der Waals surface area contributed by atoms with Crippen LogP contribution in [-0.4, -0.2) is 69.5 Å². The normalized spacial score (nSPS) is 26.3. The van der Waals surface area contributed by atoms with E-state index in [9.17, 15) is 4.79 Å². The Morgan fingerprint density at radius 2 is 2.38 bits per heavy atom. The van der Waals surface area contributed by atoms with Crippen LogP contribution in [0.1, 0.15) is 43.1 Å². The minimum atomic E-state index is -0.445. The van der Waals surface area contributed by atoms with Crippen molar-refractivity contribution in [2.75, 3.05) is 53.5 Å². The van der Waals surface area contributed by atoms with E-state index in [1.165, 1.54) is 0 Å². The van der Waals surface area contributed by atoms with Crippen molar-refractivity contribution in [3.63, 3.8) is 0 Å². The quantitative estimate of drug-likeness (QED) is 0.674. The van der Waals surface area contributed by atoms with Crippen LogP contribution >= 0.6 is 0 Å². The Morgan fingerprint density at radius 3 is 3.08 bits per heavy atom. The molecule has 0 aliphatic carbocycles. The molecule has 2 fully saturated rings. The zero-order valence-corrected chi connectivity index (χ0v) is 16.1. The molecule has 0 bridgehead atoms. The highest BCUT2D eigenvalue weighted by molar-refractivity contribution is 5.83. The zero-order valence-electron chi connectivity index (χ0n) is 16.1. The molecule has 2 N–H and O–H groups in total. The van der Waals surface area contributed by atoms with Gasteiger partial charge in [0.05, 0.1) is 17.7 Å². The summed E-state index contributed by atoms with van der Waals surface area (Å²) in [6.07, 6.45) is 4.42. The Labute approximate surface area is 155 Å². The fourth-order valence-corrected chi connectivity index (χ4v) is 3.88. The number of nitrogens with zero attached hydrogens (tertiary/aromatic N) is 2. The molecule has 1 aromatic heterocycles. The fraction of sp³-hybridized carbons (Fsp3) is 0.789. The molecule has 3 rings (SSSR count). The van der Waals surface area contributed by atoms with E-state index < -0.39 is 5.41 Å². The monoisotopic (exact) mass is 364 g/mol. The lowest BCUT2D eigenvalue weighted by Crippen LogP contribution is -2.52. The molecular formula is C19H32N4O3. The van der Waals surface area contributed by atoms with Crippen LogP contribution in [0.25, 0.3) is 0 Å². The molecule has 2 aliphatic heterocycles. The predicted molar refractivity (Wildman–Crippen MR) is 99.1 cm³/mol. The molecule has 0 unspecified atom stereocenters. The molecule has 1 amide bonds. The number of hydrogen-bond acceptors (Lipinski definition) is 6. The minimum Gasteiger partial charge on any atom is -0.381 e. The summed E-state index contributed by atoms with van der Waals surface area (Å²) >= 11 is 0. The Balaban J connectivity index is 1.62. The van der Waals surface area contributed by atoms with Crippen LogP contribution in [-0.2, 0) is 16.0 Å². The van der Waals surface area contributed by atoms with Crippen LogP contribution in [0.3, 0.4) is 0 Å². The van der Waals surface area contributed by atoms with Gasteiger partial charge in [0.2, 0.25) is 5.91 Å². The topological polar surface area (TPSA) is 79.6 Å². The van der Waals surface area contributed by atoms with E-state index in [0.717, 1.165) is 56.8 Å². The summed E-state index contributed by atoms with van der Waals surface area (Å²) in [5, 5.41) is 10.8. The zero-order chi connectivity index (χ0) is 18.4. The van der Waals surface area contributed by atoms with Crippen LogP contribution in [0.5, 0.6) is 0 Å². The maximum atomic E-state index is 13.0. The van der Waals surface area contributed by atoms with Crippen LogP contribution < -0.4 is 10.6 Å². The predicted octanol–water partition coefficient (Wildman–Crippen LogP) is 1.16. The number of aromatic nitrogens is 1. The van der Waals surface area contributed by atoms with Gasteiger partial charge in [0, 0.05) is 38.1 Å². The van der Waals surface area contributed by atoms with Gasteiger partial charge < -0.3 is 24.8 Å². The number of nitrogens with one attached hydrogen (secondary N) is 2. The van der Waals surface area contributed by atoms with E-state index in [1.807, 2.05) is 20.2 Å². The number of carbonyl (C=O) groups excluding carboxylic acids is 1. The van der Waals surface area contributed by atoms with Gasteiger partial charge in [0.25, 0.3) is 0 Å². The molecule has 3 heterocycles. The molecule has 7 heteroatoms. The van der Waals surface area contributed by atoms with Crippen molar-refractivity contribution >= 4 is 5.91 Å². The molecule has 1 aromatic rings. The van der Waals surface area contributed by atoms with Gasteiger partial charge in [-0.3, -0.25) is 4.79 Å². The van der Waals surface area contributed by atoms with E-state index in [0.29, 0.717) is 32.0 Å². The average molecular weight is 364 g/mol.